The lowest BCUT2D eigenvalue weighted by Crippen LogP contribution is -2.31. The molecule has 3 N–H and O–H groups in total. The summed E-state index contributed by atoms with van der Waals surface area (Å²) in [6, 6.07) is -0.0263. The van der Waals surface area contributed by atoms with E-state index in [2.05, 4.69) is 12.2 Å². The van der Waals surface area contributed by atoms with Crippen molar-refractivity contribution in [2.75, 3.05) is 6.54 Å². The molecule has 0 spiro atoms. The van der Waals surface area contributed by atoms with Crippen LogP contribution < -0.4 is 11.1 Å². The summed E-state index contributed by atoms with van der Waals surface area (Å²) in [7, 11) is 0. The van der Waals surface area contributed by atoms with Crippen LogP contribution >= 0.6 is 0 Å². The molecule has 3 heteroatoms. The third kappa shape index (κ3) is 3.22. The summed E-state index contributed by atoms with van der Waals surface area (Å²) in [5.41, 5.74) is 5.48. The van der Waals surface area contributed by atoms with Gasteiger partial charge in [-0.15, -0.1) is 0 Å². The maximum absolute atomic E-state index is 11.1. The minimum absolute atomic E-state index is 0.0263. The van der Waals surface area contributed by atoms with Crippen LogP contribution in [0.25, 0.3) is 0 Å². The molecule has 1 amide bonds. The molecule has 0 radical (unpaired) electrons. The Balaban J connectivity index is 2.03. The van der Waals surface area contributed by atoms with Gasteiger partial charge in [0, 0.05) is 19.0 Å². The summed E-state index contributed by atoms with van der Waals surface area (Å²) in [6.45, 7) is 4.90. The second-order valence-corrected chi connectivity index (χ2v) is 3.96. The van der Waals surface area contributed by atoms with Crippen LogP contribution in [0.2, 0.25) is 0 Å². The van der Waals surface area contributed by atoms with Crippen molar-refractivity contribution in [2.24, 2.45) is 17.6 Å². The number of nitrogens with one attached hydrogen (secondary N) is 1. The Kier molecular flexibility index (Phi) is 3.09. The van der Waals surface area contributed by atoms with Gasteiger partial charge in [-0.05, 0) is 25.2 Å². The molecule has 0 aromatic heterocycles. The first-order valence-electron chi connectivity index (χ1n) is 4.62. The van der Waals surface area contributed by atoms with Crippen molar-refractivity contribution in [3.8, 4) is 0 Å². The van der Waals surface area contributed by atoms with Gasteiger partial charge in [-0.1, -0.05) is 6.92 Å². The van der Waals surface area contributed by atoms with Crippen molar-refractivity contribution in [1.82, 2.24) is 5.32 Å². The van der Waals surface area contributed by atoms with Crippen molar-refractivity contribution < 1.29 is 4.79 Å². The normalized spacial score (nSPS) is 29.6. The maximum atomic E-state index is 11.1. The van der Waals surface area contributed by atoms with Crippen molar-refractivity contribution in [3.05, 3.63) is 0 Å². The smallest absolute Gasteiger partial charge is 0.221 e. The standard InChI is InChI=1S/C9H18N2O/c1-6-3-8(6)5-11-9(12)4-7(2)10/h6-8H,3-5,10H2,1-2H3,(H,11,12). The predicted octanol–water partition coefficient (Wildman–Crippen LogP) is 0.496. The Bertz CT molecular complexity index is 168. The van der Waals surface area contributed by atoms with Crippen LogP contribution in [0.3, 0.4) is 0 Å². The number of hydrogen-bond donors (Lipinski definition) is 2. The molecule has 0 saturated heterocycles. The lowest BCUT2D eigenvalue weighted by molar-refractivity contribution is -0.121. The van der Waals surface area contributed by atoms with Gasteiger partial charge < -0.3 is 11.1 Å². The molecule has 0 aromatic rings. The average Bonchev–Trinajstić information content (AvgIpc) is 2.61. The topological polar surface area (TPSA) is 55.1 Å². The fourth-order valence-corrected chi connectivity index (χ4v) is 1.29. The molecule has 0 aromatic carbocycles. The van der Waals surface area contributed by atoms with E-state index in [4.69, 9.17) is 5.73 Å². The van der Waals surface area contributed by atoms with E-state index in [0.717, 1.165) is 18.4 Å². The Labute approximate surface area is 73.7 Å². The van der Waals surface area contributed by atoms with Crippen molar-refractivity contribution in [3.63, 3.8) is 0 Å². The van der Waals surface area contributed by atoms with Gasteiger partial charge in [-0.3, -0.25) is 4.79 Å². The van der Waals surface area contributed by atoms with Gasteiger partial charge >= 0.3 is 0 Å². The van der Waals surface area contributed by atoms with Gasteiger partial charge in [-0.2, -0.15) is 0 Å². The van der Waals surface area contributed by atoms with Gasteiger partial charge in [0.2, 0.25) is 5.91 Å². The molecule has 0 aliphatic heterocycles. The van der Waals surface area contributed by atoms with Crippen molar-refractivity contribution in [2.45, 2.75) is 32.7 Å². The van der Waals surface area contributed by atoms with Crippen LogP contribution in [0.4, 0.5) is 0 Å². The van der Waals surface area contributed by atoms with Crippen LogP contribution in [0.15, 0.2) is 0 Å². The summed E-state index contributed by atoms with van der Waals surface area (Å²) in [5, 5.41) is 2.89. The highest BCUT2D eigenvalue weighted by Gasteiger charge is 2.32. The van der Waals surface area contributed by atoms with Gasteiger partial charge in [0.1, 0.15) is 0 Å². The largest absolute Gasteiger partial charge is 0.356 e. The SMILES string of the molecule is CC(N)CC(=O)NCC1CC1C. The molecule has 1 fully saturated rings. The van der Waals surface area contributed by atoms with E-state index in [1.807, 2.05) is 6.92 Å². The van der Waals surface area contributed by atoms with Gasteiger partial charge in [0.05, 0.1) is 0 Å². The van der Waals surface area contributed by atoms with Crippen LogP contribution in [0.5, 0.6) is 0 Å². The van der Waals surface area contributed by atoms with Crippen molar-refractivity contribution >= 4 is 5.91 Å². The number of nitrogens with two attached hydrogens (primary N) is 1. The lowest BCUT2D eigenvalue weighted by atomic mass is 10.2. The molecule has 1 aliphatic carbocycles. The van der Waals surface area contributed by atoms with E-state index in [0.29, 0.717) is 6.42 Å². The first-order chi connectivity index (χ1) is 5.59. The molecular formula is C9H18N2O. The first-order valence-corrected chi connectivity index (χ1v) is 4.62. The third-order valence-corrected chi connectivity index (χ3v) is 2.34. The van der Waals surface area contributed by atoms with E-state index in [1.165, 1.54) is 6.42 Å². The highest BCUT2D eigenvalue weighted by molar-refractivity contribution is 5.76. The monoisotopic (exact) mass is 170 g/mol. The summed E-state index contributed by atoms with van der Waals surface area (Å²) in [6.07, 6.45) is 1.71. The molecule has 1 rings (SSSR count). The molecule has 1 saturated carbocycles. The summed E-state index contributed by atoms with van der Waals surface area (Å²) < 4.78 is 0. The van der Waals surface area contributed by atoms with Gasteiger partial charge in [-0.25, -0.2) is 0 Å². The molecule has 3 nitrogen and oxygen atoms in total. The molecular weight excluding hydrogens is 152 g/mol. The predicted molar refractivity (Wildman–Crippen MR) is 48.5 cm³/mol. The van der Waals surface area contributed by atoms with Gasteiger partial charge in [0.25, 0.3) is 0 Å². The molecule has 0 bridgehead atoms. The number of hydrogen-bond acceptors (Lipinski definition) is 2. The first kappa shape index (κ1) is 9.52. The van der Waals surface area contributed by atoms with Crippen LogP contribution in [0, 0.1) is 11.8 Å². The number of amides is 1. The zero-order valence-electron chi connectivity index (χ0n) is 7.84. The molecule has 3 unspecified atom stereocenters. The van der Waals surface area contributed by atoms with Crippen LogP contribution in [0.1, 0.15) is 26.7 Å². The highest BCUT2D eigenvalue weighted by atomic mass is 16.1. The second kappa shape index (κ2) is 3.90. The average molecular weight is 170 g/mol. The quantitative estimate of drug-likeness (QED) is 0.645. The zero-order chi connectivity index (χ0) is 9.14. The van der Waals surface area contributed by atoms with Crippen molar-refractivity contribution in [1.29, 1.82) is 0 Å². The minimum Gasteiger partial charge on any atom is -0.356 e. The van der Waals surface area contributed by atoms with E-state index in [1.54, 1.807) is 0 Å². The molecule has 3 atom stereocenters. The van der Waals surface area contributed by atoms with E-state index in [-0.39, 0.29) is 11.9 Å². The lowest BCUT2D eigenvalue weighted by Gasteiger charge is -2.05. The number of carbonyl (C=O) groups excluding carboxylic acids is 1. The Hall–Kier alpha value is -0.570. The Morgan fingerprint density at radius 3 is 2.75 bits per heavy atom. The molecule has 12 heavy (non-hydrogen) atoms. The Morgan fingerprint density at radius 2 is 2.33 bits per heavy atom. The fraction of sp³-hybridized carbons (Fsp3) is 0.889. The highest BCUT2D eigenvalue weighted by Crippen LogP contribution is 2.36. The zero-order valence-corrected chi connectivity index (χ0v) is 7.84. The summed E-state index contributed by atoms with van der Waals surface area (Å²) in [5.74, 6) is 1.62. The minimum atomic E-state index is -0.0263. The molecule has 0 heterocycles. The second-order valence-electron chi connectivity index (χ2n) is 3.96. The molecule has 1 aliphatic rings. The molecule has 70 valence electrons. The maximum Gasteiger partial charge on any atom is 0.221 e. The van der Waals surface area contributed by atoms with Crippen LogP contribution in [-0.4, -0.2) is 18.5 Å². The van der Waals surface area contributed by atoms with Crippen LogP contribution in [-0.2, 0) is 4.79 Å². The van der Waals surface area contributed by atoms with Gasteiger partial charge in [0.15, 0.2) is 0 Å². The Morgan fingerprint density at radius 1 is 1.75 bits per heavy atom. The number of carbonyl (C=O) groups is 1. The summed E-state index contributed by atoms with van der Waals surface area (Å²) >= 11 is 0. The van der Waals surface area contributed by atoms with E-state index < -0.39 is 0 Å². The third-order valence-electron chi connectivity index (χ3n) is 2.34. The van der Waals surface area contributed by atoms with E-state index >= 15 is 0 Å². The van der Waals surface area contributed by atoms with E-state index in [9.17, 15) is 4.79 Å². The fourth-order valence-electron chi connectivity index (χ4n) is 1.29. The number of rotatable bonds is 4. The summed E-state index contributed by atoms with van der Waals surface area (Å²) in [4.78, 5) is 11.1.